The first-order chi connectivity index (χ1) is 14.8. The van der Waals surface area contributed by atoms with Crippen molar-refractivity contribution in [2.75, 3.05) is 5.32 Å². The van der Waals surface area contributed by atoms with E-state index in [1.54, 1.807) is 6.20 Å². The summed E-state index contributed by atoms with van der Waals surface area (Å²) in [4.78, 5) is 4.32. The summed E-state index contributed by atoms with van der Waals surface area (Å²) >= 11 is 0. The Kier molecular flexibility index (Phi) is 6.30. The molecule has 0 spiro atoms. The minimum Gasteiger partial charge on any atom is -0.356 e. The third-order valence-electron chi connectivity index (χ3n) is 4.70. The smallest absolute Gasteiger partial charge is 0.0827 e. The van der Waals surface area contributed by atoms with Gasteiger partial charge in [0.25, 0.3) is 0 Å². The summed E-state index contributed by atoms with van der Waals surface area (Å²) in [5.74, 6) is 0. The maximum atomic E-state index is 4.32. The number of anilines is 2. The number of benzene rings is 2. The predicted octanol–water partition coefficient (Wildman–Crippen LogP) is 5.59. The van der Waals surface area contributed by atoms with E-state index in [0.29, 0.717) is 0 Å². The topological polar surface area (TPSA) is 55.6 Å². The minimum absolute atomic E-state index is 0.727. The Morgan fingerprint density at radius 2 is 1.83 bits per heavy atom. The van der Waals surface area contributed by atoms with Crippen LogP contribution >= 0.6 is 0 Å². The average Bonchev–Trinajstić information content (AvgIpc) is 3.22. The van der Waals surface area contributed by atoms with Gasteiger partial charge < -0.3 is 5.32 Å². The number of aryl methyl sites for hydroxylation is 1. The van der Waals surface area contributed by atoms with E-state index >= 15 is 0 Å². The highest BCUT2D eigenvalue weighted by Gasteiger charge is 2.02. The molecular weight excluding hydrogens is 370 g/mol. The number of nitrogens with zero attached hydrogens (tertiary/aromatic N) is 4. The van der Waals surface area contributed by atoms with Gasteiger partial charge in [0.1, 0.15) is 0 Å². The Labute approximate surface area is 177 Å². The van der Waals surface area contributed by atoms with Gasteiger partial charge in [0.05, 0.1) is 17.9 Å². The number of aromatic nitrogens is 4. The first-order valence-electron chi connectivity index (χ1n) is 10.2. The molecule has 4 rings (SSSR count). The summed E-state index contributed by atoms with van der Waals surface area (Å²) < 4.78 is 1.89. The minimum atomic E-state index is 0.727. The fraction of sp³-hybridized carbons (Fsp3) is 0.160. The number of nitrogens with one attached hydrogen (secondary N) is 1. The van der Waals surface area contributed by atoms with Gasteiger partial charge in [-0.25, -0.2) is 4.68 Å². The summed E-state index contributed by atoms with van der Waals surface area (Å²) in [5.41, 5.74) is 6.41. The molecule has 0 amide bonds. The van der Waals surface area contributed by atoms with Crippen LogP contribution in [0.2, 0.25) is 0 Å². The van der Waals surface area contributed by atoms with Crippen molar-refractivity contribution >= 4 is 23.5 Å². The lowest BCUT2D eigenvalue weighted by Gasteiger charge is -2.08. The zero-order chi connectivity index (χ0) is 20.6. The molecule has 2 aromatic carbocycles. The molecule has 2 aromatic heterocycles. The van der Waals surface area contributed by atoms with E-state index in [2.05, 4.69) is 76.1 Å². The van der Waals surface area contributed by atoms with Gasteiger partial charge in [-0.15, -0.1) is 5.10 Å². The van der Waals surface area contributed by atoms with E-state index in [-0.39, 0.29) is 0 Å². The van der Waals surface area contributed by atoms with Crippen LogP contribution in [0.15, 0.2) is 79.1 Å². The van der Waals surface area contributed by atoms with Crippen molar-refractivity contribution in [3.8, 4) is 0 Å². The molecule has 0 fully saturated rings. The lowest BCUT2D eigenvalue weighted by molar-refractivity contribution is 0.649. The van der Waals surface area contributed by atoms with Gasteiger partial charge >= 0.3 is 0 Å². The van der Waals surface area contributed by atoms with E-state index in [9.17, 15) is 0 Å². The van der Waals surface area contributed by atoms with Gasteiger partial charge in [-0.05, 0) is 60.0 Å². The highest BCUT2D eigenvalue weighted by molar-refractivity contribution is 5.71. The van der Waals surface area contributed by atoms with Crippen molar-refractivity contribution in [1.29, 1.82) is 0 Å². The Bertz CT molecular complexity index is 1100. The van der Waals surface area contributed by atoms with Crippen LogP contribution in [0.4, 0.5) is 11.4 Å². The molecule has 0 saturated heterocycles. The molecule has 0 unspecified atom stereocenters. The molecule has 0 bridgehead atoms. The Morgan fingerprint density at radius 1 is 0.933 bits per heavy atom. The molecule has 1 N–H and O–H groups in total. The van der Waals surface area contributed by atoms with Gasteiger partial charge in [-0.3, -0.25) is 4.98 Å². The number of hydrogen-bond acceptors (Lipinski definition) is 4. The Balaban J connectivity index is 1.38. The van der Waals surface area contributed by atoms with Crippen LogP contribution in [0.5, 0.6) is 0 Å². The van der Waals surface area contributed by atoms with E-state index in [1.807, 2.05) is 41.2 Å². The van der Waals surface area contributed by atoms with Crippen molar-refractivity contribution < 1.29 is 0 Å². The van der Waals surface area contributed by atoms with E-state index in [1.165, 1.54) is 5.56 Å². The zero-order valence-electron chi connectivity index (χ0n) is 17.1. The molecule has 5 heteroatoms. The van der Waals surface area contributed by atoms with Gasteiger partial charge in [0.15, 0.2) is 0 Å². The highest BCUT2D eigenvalue weighted by Crippen LogP contribution is 2.20. The average molecular weight is 396 g/mol. The number of rotatable bonds is 8. The van der Waals surface area contributed by atoms with Crippen LogP contribution < -0.4 is 5.32 Å². The second-order valence-corrected chi connectivity index (χ2v) is 7.19. The molecule has 0 radical (unpaired) electrons. The van der Waals surface area contributed by atoms with Crippen LogP contribution in [0, 0.1) is 0 Å². The van der Waals surface area contributed by atoms with Crippen molar-refractivity contribution in [3.63, 3.8) is 0 Å². The summed E-state index contributed by atoms with van der Waals surface area (Å²) in [6.45, 7) is 2.88. The lowest BCUT2D eigenvalue weighted by Crippen LogP contribution is -2.00. The van der Waals surface area contributed by atoms with Gasteiger partial charge in [0, 0.05) is 23.8 Å². The molecule has 150 valence electrons. The fourth-order valence-electron chi connectivity index (χ4n) is 3.21. The Hall–Kier alpha value is -3.73. The standard InChI is InChI=1S/C25H25N5/c1-2-6-25-19-30(29-28-25)18-21-11-14-23(15-12-21)27-24-9-5-7-20(17-24)10-13-22-8-3-4-16-26-22/h3-5,7-17,19,27H,2,6,18H2,1H3/b13-10+. The van der Waals surface area contributed by atoms with Crippen LogP contribution in [-0.4, -0.2) is 20.0 Å². The van der Waals surface area contributed by atoms with Crippen LogP contribution in [-0.2, 0) is 13.0 Å². The third-order valence-corrected chi connectivity index (χ3v) is 4.70. The largest absolute Gasteiger partial charge is 0.356 e. The molecular formula is C25H25N5. The molecule has 0 aliphatic carbocycles. The number of hydrogen-bond donors (Lipinski definition) is 1. The lowest BCUT2D eigenvalue weighted by atomic mass is 10.1. The molecule has 2 heterocycles. The van der Waals surface area contributed by atoms with Crippen molar-refractivity contribution in [1.82, 2.24) is 20.0 Å². The normalized spacial score (nSPS) is 11.1. The molecule has 0 aliphatic heterocycles. The quantitative estimate of drug-likeness (QED) is 0.423. The monoisotopic (exact) mass is 395 g/mol. The highest BCUT2D eigenvalue weighted by atomic mass is 15.4. The fourth-order valence-corrected chi connectivity index (χ4v) is 3.21. The van der Waals surface area contributed by atoms with Gasteiger partial charge in [-0.1, -0.05) is 55.0 Å². The van der Waals surface area contributed by atoms with Crippen molar-refractivity contribution in [2.24, 2.45) is 0 Å². The van der Waals surface area contributed by atoms with Crippen LogP contribution in [0.1, 0.15) is 35.9 Å². The van der Waals surface area contributed by atoms with Crippen LogP contribution in [0.3, 0.4) is 0 Å². The van der Waals surface area contributed by atoms with Crippen LogP contribution in [0.25, 0.3) is 12.2 Å². The van der Waals surface area contributed by atoms with E-state index in [0.717, 1.165) is 47.7 Å². The molecule has 0 aliphatic rings. The summed E-state index contributed by atoms with van der Waals surface area (Å²) in [6.07, 6.45) is 9.97. The maximum Gasteiger partial charge on any atom is 0.0827 e. The van der Waals surface area contributed by atoms with Gasteiger partial charge in [-0.2, -0.15) is 0 Å². The zero-order valence-corrected chi connectivity index (χ0v) is 17.1. The SMILES string of the molecule is CCCc1cn(Cc2ccc(Nc3cccc(/C=C/c4ccccn4)c3)cc2)nn1. The molecule has 4 aromatic rings. The van der Waals surface area contributed by atoms with Crippen molar-refractivity contribution in [2.45, 2.75) is 26.3 Å². The molecule has 30 heavy (non-hydrogen) atoms. The first-order valence-corrected chi connectivity index (χ1v) is 10.2. The second-order valence-electron chi connectivity index (χ2n) is 7.19. The molecule has 0 saturated carbocycles. The molecule has 5 nitrogen and oxygen atoms in total. The third kappa shape index (κ3) is 5.41. The summed E-state index contributed by atoms with van der Waals surface area (Å²) in [7, 11) is 0. The second kappa shape index (κ2) is 9.65. The summed E-state index contributed by atoms with van der Waals surface area (Å²) in [5, 5.41) is 11.9. The summed E-state index contributed by atoms with van der Waals surface area (Å²) in [6, 6.07) is 22.6. The first kappa shape index (κ1) is 19.6. The number of pyridine rings is 1. The predicted molar refractivity (Wildman–Crippen MR) is 122 cm³/mol. The molecule has 0 atom stereocenters. The maximum absolute atomic E-state index is 4.32. The van der Waals surface area contributed by atoms with E-state index < -0.39 is 0 Å². The Morgan fingerprint density at radius 3 is 2.63 bits per heavy atom. The van der Waals surface area contributed by atoms with Gasteiger partial charge in [0.2, 0.25) is 0 Å². The van der Waals surface area contributed by atoms with E-state index in [4.69, 9.17) is 0 Å². The van der Waals surface area contributed by atoms with Crippen molar-refractivity contribution in [3.05, 3.63) is 102 Å².